The second kappa shape index (κ2) is 9.98. The van der Waals surface area contributed by atoms with Gasteiger partial charge in [-0.2, -0.15) is 5.26 Å². The van der Waals surface area contributed by atoms with E-state index in [-0.39, 0.29) is 36.4 Å². The Kier molecular flexibility index (Phi) is 6.85. The van der Waals surface area contributed by atoms with Gasteiger partial charge in [-0.15, -0.1) is 0 Å². The van der Waals surface area contributed by atoms with E-state index in [0.717, 1.165) is 36.0 Å². The number of halogens is 1. The van der Waals surface area contributed by atoms with E-state index in [2.05, 4.69) is 6.07 Å². The highest BCUT2D eigenvalue weighted by molar-refractivity contribution is 5.90. The van der Waals surface area contributed by atoms with Crippen LogP contribution in [0.4, 0.5) is 9.18 Å². The molecule has 1 amide bonds. The number of likely N-dealkylation sites (tertiary alicyclic amines) is 1. The normalized spacial score (nSPS) is 22.8. The zero-order chi connectivity index (χ0) is 27.2. The van der Waals surface area contributed by atoms with E-state index in [1.54, 1.807) is 31.7 Å². The lowest BCUT2D eigenvalue weighted by atomic mass is 9.87. The molecule has 7 heteroatoms. The summed E-state index contributed by atoms with van der Waals surface area (Å²) in [6.07, 6.45) is 2.97. The fourth-order valence-corrected chi connectivity index (χ4v) is 6.30. The summed E-state index contributed by atoms with van der Waals surface area (Å²) in [4.78, 5) is 39.6. The van der Waals surface area contributed by atoms with Crippen LogP contribution >= 0.6 is 0 Å². The van der Waals surface area contributed by atoms with Crippen LogP contribution in [0.15, 0.2) is 36.4 Å². The molecule has 1 saturated heterocycles. The zero-order valence-electron chi connectivity index (χ0n) is 22.1. The van der Waals surface area contributed by atoms with Gasteiger partial charge in [-0.05, 0) is 86.3 Å². The summed E-state index contributed by atoms with van der Waals surface area (Å²) in [5.74, 6) is -1.01. The lowest BCUT2D eigenvalue weighted by Gasteiger charge is -2.35. The molecule has 1 heterocycles. The molecule has 2 fully saturated rings. The molecule has 2 bridgehead atoms. The van der Waals surface area contributed by atoms with Gasteiger partial charge in [0.2, 0.25) is 0 Å². The van der Waals surface area contributed by atoms with Crippen molar-refractivity contribution < 1.29 is 23.5 Å². The van der Waals surface area contributed by atoms with Crippen LogP contribution in [0.1, 0.15) is 63.1 Å². The van der Waals surface area contributed by atoms with Crippen LogP contribution in [0.5, 0.6) is 0 Å². The highest BCUT2D eigenvalue weighted by Crippen LogP contribution is 2.44. The first-order valence-corrected chi connectivity index (χ1v) is 13.4. The maximum absolute atomic E-state index is 15.1. The Balaban J connectivity index is 1.27. The van der Waals surface area contributed by atoms with Crippen molar-refractivity contribution in [3.63, 3.8) is 0 Å². The van der Waals surface area contributed by atoms with Crippen molar-refractivity contribution in [3.05, 3.63) is 58.9 Å². The highest BCUT2D eigenvalue weighted by Gasteiger charge is 2.52. The van der Waals surface area contributed by atoms with Gasteiger partial charge >= 0.3 is 6.09 Å². The molecular formula is C31H33FN2O4. The first-order chi connectivity index (χ1) is 18.0. The highest BCUT2D eigenvalue weighted by atomic mass is 19.1. The number of amides is 1. The van der Waals surface area contributed by atoms with Gasteiger partial charge in [0.05, 0.1) is 18.0 Å². The van der Waals surface area contributed by atoms with Crippen LogP contribution in [0.2, 0.25) is 0 Å². The number of Topliss-reactive ketones (excluding diaryl/α,β-unsaturated/α-hetero) is 2. The Labute approximate surface area is 222 Å². The van der Waals surface area contributed by atoms with Crippen molar-refractivity contribution in [2.75, 3.05) is 0 Å². The monoisotopic (exact) mass is 516 g/mol. The Morgan fingerprint density at radius 1 is 1.11 bits per heavy atom. The number of fused-ring (bicyclic) bond motifs is 3. The number of ether oxygens (including phenoxy) is 1. The summed E-state index contributed by atoms with van der Waals surface area (Å²) >= 11 is 0. The lowest BCUT2D eigenvalue weighted by Crippen LogP contribution is -2.51. The number of hydrogen-bond donors (Lipinski definition) is 0. The number of nitrogens with zero attached hydrogens (tertiary/aromatic N) is 2. The van der Waals surface area contributed by atoms with Crippen LogP contribution in [-0.2, 0) is 33.6 Å². The molecule has 5 rings (SSSR count). The molecule has 198 valence electrons. The summed E-state index contributed by atoms with van der Waals surface area (Å²) in [6.45, 7) is 5.40. The molecule has 1 aliphatic heterocycles. The van der Waals surface area contributed by atoms with Gasteiger partial charge in [0.25, 0.3) is 0 Å². The molecule has 6 nitrogen and oxygen atoms in total. The SMILES string of the molecule is CC(C)(C)OC(=O)N1[C@@H]2CC[C@@H](C2)[C@H]1C(=O)CC(C#N)Cc1ccc(-c2ccc3c(c2)CC(=O)C3)cc1F. The second-order valence-electron chi connectivity index (χ2n) is 11.9. The van der Waals surface area contributed by atoms with Crippen molar-refractivity contribution in [2.45, 2.75) is 83.4 Å². The molecular weight excluding hydrogens is 483 g/mol. The van der Waals surface area contributed by atoms with E-state index in [9.17, 15) is 19.6 Å². The lowest BCUT2D eigenvalue weighted by molar-refractivity contribution is -0.126. The van der Waals surface area contributed by atoms with Gasteiger partial charge in [0, 0.05) is 25.3 Å². The summed E-state index contributed by atoms with van der Waals surface area (Å²) in [6, 6.07) is 12.3. The molecule has 38 heavy (non-hydrogen) atoms. The van der Waals surface area contributed by atoms with Crippen molar-refractivity contribution in [1.29, 1.82) is 5.26 Å². The van der Waals surface area contributed by atoms with Gasteiger partial charge in [-0.3, -0.25) is 14.5 Å². The van der Waals surface area contributed by atoms with Crippen molar-refractivity contribution in [2.24, 2.45) is 11.8 Å². The first-order valence-electron chi connectivity index (χ1n) is 13.4. The summed E-state index contributed by atoms with van der Waals surface area (Å²) in [5, 5.41) is 9.82. The minimum Gasteiger partial charge on any atom is -0.444 e. The number of piperidine rings is 1. The van der Waals surface area contributed by atoms with E-state index < -0.39 is 29.5 Å². The average molecular weight is 517 g/mol. The topological polar surface area (TPSA) is 87.5 Å². The van der Waals surface area contributed by atoms with Crippen LogP contribution in [0.25, 0.3) is 11.1 Å². The number of carbonyl (C=O) groups is 3. The van der Waals surface area contributed by atoms with E-state index in [0.29, 0.717) is 24.0 Å². The predicted molar refractivity (Wildman–Crippen MR) is 140 cm³/mol. The van der Waals surface area contributed by atoms with E-state index in [4.69, 9.17) is 4.74 Å². The van der Waals surface area contributed by atoms with Crippen molar-refractivity contribution >= 4 is 17.7 Å². The molecule has 1 saturated carbocycles. The minimum absolute atomic E-state index is 0.00772. The summed E-state index contributed by atoms with van der Waals surface area (Å²) in [5.41, 5.74) is 3.27. The number of hydrogen-bond acceptors (Lipinski definition) is 5. The van der Waals surface area contributed by atoms with E-state index in [1.165, 1.54) is 6.07 Å². The number of benzene rings is 2. The van der Waals surface area contributed by atoms with E-state index in [1.807, 2.05) is 24.3 Å². The Morgan fingerprint density at radius 2 is 1.82 bits per heavy atom. The Bertz CT molecular complexity index is 1340. The molecule has 2 aromatic carbocycles. The van der Waals surface area contributed by atoms with Crippen molar-refractivity contribution in [1.82, 2.24) is 4.90 Å². The van der Waals surface area contributed by atoms with Gasteiger partial charge in [-0.25, -0.2) is 9.18 Å². The third-order valence-corrected chi connectivity index (χ3v) is 7.98. The zero-order valence-corrected chi connectivity index (χ0v) is 22.1. The number of nitriles is 1. The molecule has 2 aromatic rings. The largest absolute Gasteiger partial charge is 0.444 e. The quantitative estimate of drug-likeness (QED) is 0.500. The smallest absolute Gasteiger partial charge is 0.411 e. The maximum Gasteiger partial charge on any atom is 0.411 e. The Morgan fingerprint density at radius 3 is 2.53 bits per heavy atom. The van der Waals surface area contributed by atoms with Gasteiger partial charge in [0.15, 0.2) is 5.78 Å². The molecule has 0 N–H and O–H groups in total. The fraction of sp³-hybridized carbons (Fsp3) is 0.484. The third-order valence-electron chi connectivity index (χ3n) is 7.98. The maximum atomic E-state index is 15.1. The number of rotatable bonds is 6. The van der Waals surface area contributed by atoms with E-state index >= 15 is 4.39 Å². The van der Waals surface area contributed by atoms with Gasteiger partial charge in [0.1, 0.15) is 17.2 Å². The third kappa shape index (κ3) is 5.22. The molecule has 3 aliphatic rings. The number of ketones is 2. The summed E-state index contributed by atoms with van der Waals surface area (Å²) < 4.78 is 20.7. The van der Waals surface area contributed by atoms with Crippen LogP contribution < -0.4 is 0 Å². The van der Waals surface area contributed by atoms with Crippen LogP contribution in [0.3, 0.4) is 0 Å². The summed E-state index contributed by atoms with van der Waals surface area (Å²) in [7, 11) is 0. The fourth-order valence-electron chi connectivity index (χ4n) is 6.30. The standard InChI is InChI=1S/C31H33FN2O4/c1-31(2,3)38-30(37)34-25-9-8-23(13-25)29(34)28(36)11-18(17-33)10-22-7-6-21(16-27(22)32)19-4-5-20-14-26(35)15-24(20)12-19/h4-7,12,16,18,23,25,29H,8-11,13-15H2,1-3H3/t18?,23-,25+,29-/m0/s1. The van der Waals surface area contributed by atoms with Gasteiger partial charge < -0.3 is 4.74 Å². The molecule has 2 aliphatic carbocycles. The first kappa shape index (κ1) is 26.1. The Hall–Kier alpha value is -3.53. The molecule has 0 radical (unpaired) electrons. The molecule has 4 atom stereocenters. The molecule has 0 spiro atoms. The van der Waals surface area contributed by atoms with Gasteiger partial charge in [-0.1, -0.05) is 30.3 Å². The van der Waals surface area contributed by atoms with Crippen molar-refractivity contribution in [3.8, 4) is 17.2 Å². The minimum atomic E-state index is -0.700. The number of carbonyl (C=O) groups excluding carboxylic acids is 3. The van der Waals surface area contributed by atoms with Crippen LogP contribution in [0, 0.1) is 29.0 Å². The average Bonchev–Trinajstić information content (AvgIpc) is 3.56. The molecule has 0 aromatic heterocycles. The van der Waals surface area contributed by atoms with Crippen LogP contribution in [-0.4, -0.2) is 40.2 Å². The second-order valence-corrected chi connectivity index (χ2v) is 11.9. The predicted octanol–water partition coefficient (Wildman–Crippen LogP) is 5.59. The molecule has 1 unspecified atom stereocenters.